The van der Waals surface area contributed by atoms with Gasteiger partial charge in [-0.1, -0.05) is 29.8 Å². The molecule has 0 fully saturated rings. The molecule has 1 aromatic carbocycles. The number of benzene rings is 1. The number of aliphatic hydroxyl groups excluding tert-OH is 2. The fraction of sp³-hybridized carbons (Fsp3) is 0.364. The Morgan fingerprint density at radius 2 is 2.18 bits per heavy atom. The first-order valence-electron chi connectivity index (χ1n) is 5.06. The molecular weight excluding hydrogens is 246 g/mol. The minimum atomic E-state index is -0.983. The summed E-state index contributed by atoms with van der Waals surface area (Å²) in [6.07, 6.45) is -1.65. The highest BCUT2D eigenvalue weighted by molar-refractivity contribution is 6.31. The zero-order valence-corrected chi connectivity index (χ0v) is 9.85. The first-order chi connectivity index (χ1) is 8.13. The lowest BCUT2D eigenvalue weighted by Crippen LogP contribution is -2.34. The fourth-order valence-electron chi connectivity index (χ4n) is 1.08. The van der Waals surface area contributed by atoms with Gasteiger partial charge in [-0.05, 0) is 6.07 Å². The van der Waals surface area contributed by atoms with Crippen LogP contribution in [0.15, 0.2) is 24.3 Å². The molecule has 1 aromatic rings. The Bertz CT molecular complexity index is 372. The van der Waals surface area contributed by atoms with Crippen LogP contribution in [0.25, 0.3) is 0 Å². The maximum atomic E-state index is 11.2. The summed E-state index contributed by atoms with van der Waals surface area (Å²) in [6, 6.07) is 7.02. The van der Waals surface area contributed by atoms with Crippen LogP contribution in [0.2, 0.25) is 5.02 Å². The summed E-state index contributed by atoms with van der Waals surface area (Å²) >= 11 is 5.87. The van der Waals surface area contributed by atoms with E-state index >= 15 is 0 Å². The van der Waals surface area contributed by atoms with Crippen LogP contribution in [-0.4, -0.2) is 35.6 Å². The van der Waals surface area contributed by atoms with Gasteiger partial charge < -0.3 is 20.3 Å². The average molecular weight is 260 g/mol. The van der Waals surface area contributed by atoms with Crippen LogP contribution >= 0.6 is 11.6 Å². The molecule has 94 valence electrons. The number of carbonyl (C=O) groups is 1. The zero-order chi connectivity index (χ0) is 12.7. The monoisotopic (exact) mass is 259 g/mol. The molecule has 1 rings (SSSR count). The summed E-state index contributed by atoms with van der Waals surface area (Å²) in [5, 5.41) is 20.4. The number of nitrogens with one attached hydrogen (secondary N) is 1. The molecule has 0 saturated heterocycles. The van der Waals surface area contributed by atoms with Crippen LogP contribution in [0.3, 0.4) is 0 Å². The van der Waals surface area contributed by atoms with Crippen molar-refractivity contribution in [3.8, 4) is 0 Å². The normalized spacial score (nSPS) is 11.9. The molecule has 0 unspecified atom stereocenters. The first-order valence-corrected chi connectivity index (χ1v) is 5.44. The molecule has 0 aliphatic rings. The quantitative estimate of drug-likeness (QED) is 0.735. The number of rotatable bonds is 5. The van der Waals surface area contributed by atoms with Crippen LogP contribution in [0.4, 0.5) is 4.79 Å². The predicted octanol–water partition coefficient (Wildman–Crippen LogP) is 0.919. The predicted molar refractivity (Wildman–Crippen MR) is 62.7 cm³/mol. The van der Waals surface area contributed by atoms with Gasteiger partial charge in [0.25, 0.3) is 0 Å². The van der Waals surface area contributed by atoms with Crippen LogP contribution < -0.4 is 5.32 Å². The van der Waals surface area contributed by atoms with E-state index in [0.29, 0.717) is 10.6 Å². The van der Waals surface area contributed by atoms with Gasteiger partial charge in [-0.2, -0.15) is 0 Å². The number of hydrogen-bond donors (Lipinski definition) is 3. The molecule has 6 heteroatoms. The number of halogens is 1. The second kappa shape index (κ2) is 7.11. The summed E-state index contributed by atoms with van der Waals surface area (Å²) < 4.78 is 4.88. The molecule has 5 nitrogen and oxygen atoms in total. The van der Waals surface area contributed by atoms with Crippen LogP contribution in [0, 0.1) is 0 Å². The topological polar surface area (TPSA) is 78.8 Å². The lowest BCUT2D eigenvalue weighted by atomic mass is 10.2. The Morgan fingerprint density at radius 1 is 1.47 bits per heavy atom. The Kier molecular flexibility index (Phi) is 5.76. The van der Waals surface area contributed by atoms with Crippen molar-refractivity contribution in [2.75, 3.05) is 13.2 Å². The van der Waals surface area contributed by atoms with Crippen LogP contribution in [0.1, 0.15) is 5.56 Å². The number of hydrogen-bond acceptors (Lipinski definition) is 4. The lowest BCUT2D eigenvalue weighted by Gasteiger charge is -2.10. The summed E-state index contributed by atoms with van der Waals surface area (Å²) in [7, 11) is 0. The summed E-state index contributed by atoms with van der Waals surface area (Å²) in [4.78, 5) is 11.2. The second-order valence-corrected chi connectivity index (χ2v) is 3.79. The van der Waals surface area contributed by atoms with Gasteiger partial charge in [0.1, 0.15) is 6.61 Å². The van der Waals surface area contributed by atoms with Gasteiger partial charge >= 0.3 is 6.09 Å². The van der Waals surface area contributed by atoms with Gasteiger partial charge in [0.2, 0.25) is 0 Å². The molecular formula is C11H14ClNO4. The van der Waals surface area contributed by atoms with E-state index in [1.165, 1.54) is 0 Å². The summed E-state index contributed by atoms with van der Waals surface area (Å²) in [6.45, 7) is -0.413. The molecule has 0 aromatic heterocycles. The Labute approximate surface area is 104 Å². The van der Waals surface area contributed by atoms with E-state index < -0.39 is 18.8 Å². The maximum Gasteiger partial charge on any atom is 0.407 e. The lowest BCUT2D eigenvalue weighted by molar-refractivity contribution is 0.0875. The Balaban J connectivity index is 2.31. The number of aliphatic hydroxyl groups is 2. The molecule has 3 N–H and O–H groups in total. The smallest absolute Gasteiger partial charge is 0.407 e. The number of ether oxygens (including phenoxy) is 1. The van der Waals surface area contributed by atoms with E-state index in [4.69, 9.17) is 26.6 Å². The van der Waals surface area contributed by atoms with Crippen molar-refractivity contribution >= 4 is 17.7 Å². The van der Waals surface area contributed by atoms with E-state index in [1.807, 2.05) is 0 Å². The Morgan fingerprint density at radius 3 is 2.82 bits per heavy atom. The van der Waals surface area contributed by atoms with Crippen LogP contribution in [0.5, 0.6) is 0 Å². The highest BCUT2D eigenvalue weighted by atomic mass is 35.5. The third-order valence-corrected chi connectivity index (χ3v) is 2.38. The second-order valence-electron chi connectivity index (χ2n) is 3.38. The summed E-state index contributed by atoms with van der Waals surface area (Å²) in [5.41, 5.74) is 0.701. The molecule has 1 atom stereocenters. The number of carbonyl (C=O) groups excluding carboxylic acids is 1. The molecule has 0 spiro atoms. The van der Waals surface area contributed by atoms with Gasteiger partial charge in [0.05, 0.1) is 12.7 Å². The molecule has 0 aliphatic carbocycles. The van der Waals surface area contributed by atoms with Gasteiger partial charge in [-0.15, -0.1) is 0 Å². The van der Waals surface area contributed by atoms with Gasteiger partial charge in [-0.3, -0.25) is 0 Å². The van der Waals surface area contributed by atoms with E-state index in [2.05, 4.69) is 5.32 Å². The van der Waals surface area contributed by atoms with Crippen molar-refractivity contribution in [2.45, 2.75) is 12.7 Å². The first kappa shape index (κ1) is 13.8. The largest absolute Gasteiger partial charge is 0.445 e. The molecule has 1 amide bonds. The van der Waals surface area contributed by atoms with Gasteiger partial charge in [0.15, 0.2) is 0 Å². The summed E-state index contributed by atoms with van der Waals surface area (Å²) in [5.74, 6) is 0. The third kappa shape index (κ3) is 5.04. The standard InChI is InChI=1S/C11H14ClNO4/c12-10-4-2-1-3-8(10)7-17-11(16)13-5-9(15)6-14/h1-4,9,14-15H,5-7H2,(H,13,16)/t9-/m0/s1. The molecule has 0 radical (unpaired) electrons. The van der Waals surface area contributed by atoms with Crippen molar-refractivity contribution in [3.63, 3.8) is 0 Å². The molecule has 0 heterocycles. The highest BCUT2D eigenvalue weighted by Gasteiger charge is 2.07. The van der Waals surface area contributed by atoms with E-state index in [9.17, 15) is 4.79 Å². The molecule has 0 bridgehead atoms. The number of alkyl carbamates (subject to hydrolysis) is 1. The highest BCUT2D eigenvalue weighted by Crippen LogP contribution is 2.15. The fourth-order valence-corrected chi connectivity index (χ4v) is 1.27. The minimum Gasteiger partial charge on any atom is -0.445 e. The SMILES string of the molecule is O=C(NC[C@H](O)CO)OCc1ccccc1Cl. The van der Waals surface area contributed by atoms with Crippen LogP contribution in [-0.2, 0) is 11.3 Å². The minimum absolute atomic E-state index is 0.0563. The van der Waals surface area contributed by atoms with E-state index in [1.54, 1.807) is 24.3 Å². The molecule has 17 heavy (non-hydrogen) atoms. The van der Waals surface area contributed by atoms with Gasteiger partial charge in [-0.25, -0.2) is 4.79 Å². The average Bonchev–Trinajstić information content (AvgIpc) is 2.35. The van der Waals surface area contributed by atoms with E-state index in [-0.39, 0.29) is 13.2 Å². The maximum absolute atomic E-state index is 11.2. The van der Waals surface area contributed by atoms with E-state index in [0.717, 1.165) is 0 Å². The molecule has 0 aliphatic heterocycles. The zero-order valence-electron chi connectivity index (χ0n) is 9.10. The van der Waals surface area contributed by atoms with Crippen molar-refractivity contribution in [1.82, 2.24) is 5.32 Å². The van der Waals surface area contributed by atoms with Crippen molar-refractivity contribution in [1.29, 1.82) is 0 Å². The van der Waals surface area contributed by atoms with Crippen molar-refractivity contribution in [2.24, 2.45) is 0 Å². The number of amides is 1. The Hall–Kier alpha value is -1.30. The van der Waals surface area contributed by atoms with Gasteiger partial charge in [0, 0.05) is 17.1 Å². The van der Waals surface area contributed by atoms with Crippen molar-refractivity contribution in [3.05, 3.63) is 34.9 Å². The molecule has 0 saturated carbocycles. The third-order valence-electron chi connectivity index (χ3n) is 2.01. The van der Waals surface area contributed by atoms with Crippen molar-refractivity contribution < 1.29 is 19.7 Å².